The van der Waals surface area contributed by atoms with Crippen LogP contribution in [-0.4, -0.2) is 44.8 Å². The number of methoxy groups -OCH3 is 1. The zero-order valence-corrected chi connectivity index (χ0v) is 17.9. The van der Waals surface area contributed by atoms with Crippen molar-refractivity contribution in [3.8, 4) is 0 Å². The van der Waals surface area contributed by atoms with Gasteiger partial charge in [0.25, 0.3) is 5.91 Å². The van der Waals surface area contributed by atoms with E-state index in [2.05, 4.69) is 5.32 Å². The SMILES string of the molecule is CCN(CC)S(=O)(=O)c1cc(C(=O)NC(CC(=O)OC)c2ccccc2)ccc1F. The maximum absolute atomic E-state index is 14.3. The third kappa shape index (κ3) is 5.43. The zero-order chi connectivity index (χ0) is 22.3. The summed E-state index contributed by atoms with van der Waals surface area (Å²) in [5, 5.41) is 2.70. The fourth-order valence-electron chi connectivity index (χ4n) is 2.97. The van der Waals surface area contributed by atoms with Crippen LogP contribution in [0.3, 0.4) is 0 Å². The monoisotopic (exact) mass is 436 g/mol. The van der Waals surface area contributed by atoms with E-state index in [1.54, 1.807) is 44.2 Å². The third-order valence-electron chi connectivity index (χ3n) is 4.62. The number of ether oxygens (including phenoxy) is 1. The first-order valence-corrected chi connectivity index (χ1v) is 10.9. The minimum Gasteiger partial charge on any atom is -0.469 e. The molecule has 2 rings (SSSR count). The van der Waals surface area contributed by atoms with Crippen LogP contribution in [0.15, 0.2) is 53.4 Å². The number of hydrogen-bond donors (Lipinski definition) is 1. The molecule has 0 heterocycles. The van der Waals surface area contributed by atoms with E-state index in [9.17, 15) is 22.4 Å². The number of nitrogens with zero attached hydrogens (tertiary/aromatic N) is 1. The molecule has 1 atom stereocenters. The molecule has 0 saturated carbocycles. The van der Waals surface area contributed by atoms with Gasteiger partial charge < -0.3 is 10.1 Å². The smallest absolute Gasteiger partial charge is 0.307 e. The lowest BCUT2D eigenvalue weighted by atomic mass is 10.0. The highest BCUT2D eigenvalue weighted by atomic mass is 32.2. The second-order valence-electron chi connectivity index (χ2n) is 6.45. The molecule has 0 bridgehead atoms. The Bertz CT molecular complexity index is 992. The van der Waals surface area contributed by atoms with Gasteiger partial charge >= 0.3 is 5.97 Å². The molecule has 0 spiro atoms. The highest BCUT2D eigenvalue weighted by Crippen LogP contribution is 2.22. The first kappa shape index (κ1) is 23.5. The summed E-state index contributed by atoms with van der Waals surface area (Å²) in [6.45, 7) is 3.63. The highest BCUT2D eigenvalue weighted by molar-refractivity contribution is 7.89. The van der Waals surface area contributed by atoms with Crippen molar-refractivity contribution >= 4 is 21.9 Å². The summed E-state index contributed by atoms with van der Waals surface area (Å²) in [6, 6.07) is 11.3. The van der Waals surface area contributed by atoms with Crippen molar-refractivity contribution in [2.24, 2.45) is 0 Å². The number of rotatable bonds is 9. The van der Waals surface area contributed by atoms with Crippen LogP contribution in [0.25, 0.3) is 0 Å². The molecule has 9 heteroatoms. The summed E-state index contributed by atoms with van der Waals surface area (Å²) in [5.41, 5.74) is 0.641. The summed E-state index contributed by atoms with van der Waals surface area (Å²) in [4.78, 5) is 24.0. The summed E-state index contributed by atoms with van der Waals surface area (Å²) in [5.74, 6) is -2.09. The second kappa shape index (κ2) is 10.3. The normalized spacial score (nSPS) is 12.4. The number of halogens is 1. The van der Waals surface area contributed by atoms with Gasteiger partial charge in [0.2, 0.25) is 10.0 Å². The van der Waals surface area contributed by atoms with Gasteiger partial charge in [-0.3, -0.25) is 9.59 Å². The van der Waals surface area contributed by atoms with E-state index in [-0.39, 0.29) is 25.1 Å². The second-order valence-corrected chi connectivity index (χ2v) is 8.36. The molecule has 30 heavy (non-hydrogen) atoms. The van der Waals surface area contributed by atoms with Gasteiger partial charge in [0.15, 0.2) is 0 Å². The number of carbonyl (C=O) groups excluding carboxylic acids is 2. The zero-order valence-electron chi connectivity index (χ0n) is 17.1. The Hall–Kier alpha value is -2.78. The third-order valence-corrected chi connectivity index (χ3v) is 6.69. The lowest BCUT2D eigenvalue weighted by Crippen LogP contribution is -2.32. The highest BCUT2D eigenvalue weighted by Gasteiger charge is 2.27. The molecule has 1 amide bonds. The fraction of sp³-hybridized carbons (Fsp3) is 0.333. The maximum atomic E-state index is 14.3. The Balaban J connectivity index is 2.36. The van der Waals surface area contributed by atoms with Crippen molar-refractivity contribution in [1.29, 1.82) is 0 Å². The van der Waals surface area contributed by atoms with Crippen LogP contribution in [-0.2, 0) is 19.6 Å². The van der Waals surface area contributed by atoms with Gasteiger partial charge in [-0.2, -0.15) is 4.31 Å². The molecule has 0 aliphatic rings. The molecular weight excluding hydrogens is 411 g/mol. The van der Waals surface area contributed by atoms with Crippen LogP contribution in [0.5, 0.6) is 0 Å². The molecule has 0 fully saturated rings. The molecule has 7 nitrogen and oxygen atoms in total. The number of nitrogens with one attached hydrogen (secondary N) is 1. The molecule has 0 saturated heterocycles. The summed E-state index contributed by atoms with van der Waals surface area (Å²) in [6.07, 6.45) is -0.113. The van der Waals surface area contributed by atoms with Crippen LogP contribution in [0.2, 0.25) is 0 Å². The Morgan fingerprint density at radius 3 is 2.30 bits per heavy atom. The quantitative estimate of drug-likeness (QED) is 0.610. The van der Waals surface area contributed by atoms with E-state index in [0.717, 1.165) is 16.4 Å². The van der Waals surface area contributed by atoms with Crippen molar-refractivity contribution in [1.82, 2.24) is 9.62 Å². The largest absolute Gasteiger partial charge is 0.469 e. The lowest BCUT2D eigenvalue weighted by Gasteiger charge is -2.20. The van der Waals surface area contributed by atoms with Gasteiger partial charge in [-0.15, -0.1) is 0 Å². The first-order chi connectivity index (χ1) is 14.2. The Kier molecular flexibility index (Phi) is 8.08. The van der Waals surface area contributed by atoms with E-state index < -0.39 is 38.7 Å². The van der Waals surface area contributed by atoms with Crippen molar-refractivity contribution in [3.63, 3.8) is 0 Å². The van der Waals surface area contributed by atoms with E-state index in [1.165, 1.54) is 13.2 Å². The lowest BCUT2D eigenvalue weighted by molar-refractivity contribution is -0.141. The van der Waals surface area contributed by atoms with E-state index in [4.69, 9.17) is 4.74 Å². The number of hydrogen-bond acceptors (Lipinski definition) is 5. The van der Waals surface area contributed by atoms with Crippen molar-refractivity contribution in [2.45, 2.75) is 31.2 Å². The summed E-state index contributed by atoms with van der Waals surface area (Å²) in [7, 11) is -2.84. The molecule has 2 aromatic rings. The standard InChI is InChI=1S/C21H25FN2O5S/c1-4-24(5-2)30(27,28)19-13-16(11-12-17(19)22)21(26)23-18(14-20(25)29-3)15-9-7-6-8-10-15/h6-13,18H,4-5,14H2,1-3H3,(H,23,26). The Morgan fingerprint density at radius 1 is 1.10 bits per heavy atom. The Morgan fingerprint density at radius 2 is 1.73 bits per heavy atom. The molecule has 0 aromatic heterocycles. The fourth-order valence-corrected chi connectivity index (χ4v) is 4.52. The molecule has 2 aromatic carbocycles. The van der Waals surface area contributed by atoms with Gasteiger partial charge in [-0.25, -0.2) is 12.8 Å². The number of amides is 1. The van der Waals surface area contributed by atoms with Crippen LogP contribution in [0, 0.1) is 5.82 Å². The minimum absolute atomic E-state index is 0.0343. The predicted molar refractivity (Wildman–Crippen MR) is 110 cm³/mol. The molecule has 1 N–H and O–H groups in total. The van der Waals surface area contributed by atoms with Gasteiger partial charge in [0.05, 0.1) is 19.6 Å². The van der Waals surface area contributed by atoms with Gasteiger partial charge in [0.1, 0.15) is 10.7 Å². The van der Waals surface area contributed by atoms with Crippen LogP contribution in [0.4, 0.5) is 4.39 Å². The number of benzene rings is 2. The van der Waals surface area contributed by atoms with Gasteiger partial charge in [0, 0.05) is 18.7 Å². The first-order valence-electron chi connectivity index (χ1n) is 9.46. The molecule has 0 aliphatic heterocycles. The van der Waals surface area contributed by atoms with E-state index in [0.29, 0.717) is 5.56 Å². The average Bonchev–Trinajstić information content (AvgIpc) is 2.74. The summed E-state index contributed by atoms with van der Waals surface area (Å²) >= 11 is 0. The van der Waals surface area contributed by atoms with Crippen molar-refractivity contribution < 1.29 is 27.1 Å². The molecule has 1 unspecified atom stereocenters. The van der Waals surface area contributed by atoms with Crippen LogP contribution < -0.4 is 5.32 Å². The number of esters is 1. The molecule has 0 aliphatic carbocycles. The van der Waals surface area contributed by atoms with Gasteiger partial charge in [-0.1, -0.05) is 44.2 Å². The predicted octanol–water partition coefficient (Wildman–Crippen LogP) is 2.89. The molecular formula is C21H25FN2O5S. The molecule has 162 valence electrons. The van der Waals surface area contributed by atoms with Crippen molar-refractivity contribution in [3.05, 3.63) is 65.5 Å². The minimum atomic E-state index is -4.09. The van der Waals surface area contributed by atoms with E-state index in [1.807, 2.05) is 0 Å². The Labute approximate surface area is 175 Å². The summed E-state index contributed by atoms with van der Waals surface area (Å²) < 4.78 is 45.5. The topological polar surface area (TPSA) is 92.8 Å². The van der Waals surface area contributed by atoms with E-state index >= 15 is 0 Å². The van der Waals surface area contributed by atoms with Gasteiger partial charge in [-0.05, 0) is 23.8 Å². The maximum Gasteiger partial charge on any atom is 0.307 e. The van der Waals surface area contributed by atoms with Crippen molar-refractivity contribution in [2.75, 3.05) is 20.2 Å². The molecule has 0 radical (unpaired) electrons. The van der Waals surface area contributed by atoms with Crippen LogP contribution >= 0.6 is 0 Å². The van der Waals surface area contributed by atoms with Crippen LogP contribution in [0.1, 0.15) is 42.2 Å². The number of sulfonamides is 1. The average molecular weight is 437 g/mol. The number of carbonyl (C=O) groups is 2.